The van der Waals surface area contributed by atoms with Gasteiger partial charge in [0.25, 0.3) is 10.0 Å². The number of fused-ring (bicyclic) bond motifs is 2. The number of benzene rings is 2. The predicted octanol–water partition coefficient (Wildman–Crippen LogP) is 3.09. The Morgan fingerprint density at radius 1 is 1.17 bits per heavy atom. The number of amidine groups is 1. The van der Waals surface area contributed by atoms with Crippen molar-refractivity contribution in [2.75, 3.05) is 13.1 Å². The normalized spacial score (nSPS) is 21.5. The number of nitrogens with zero attached hydrogens (tertiary/aromatic N) is 3. The highest BCUT2D eigenvalue weighted by molar-refractivity contribution is 7.90. The predicted molar refractivity (Wildman–Crippen MR) is 116 cm³/mol. The fourth-order valence-corrected chi connectivity index (χ4v) is 6.37. The Kier molecular flexibility index (Phi) is 4.79. The van der Waals surface area contributed by atoms with Crippen molar-refractivity contribution in [3.63, 3.8) is 0 Å². The van der Waals surface area contributed by atoms with E-state index in [9.17, 15) is 13.2 Å². The molecule has 0 saturated carbocycles. The Morgan fingerprint density at radius 2 is 1.97 bits per heavy atom. The van der Waals surface area contributed by atoms with Crippen molar-refractivity contribution in [3.05, 3.63) is 59.1 Å². The fourth-order valence-electron chi connectivity index (χ4n) is 4.01. The first-order valence-electron chi connectivity index (χ1n) is 9.84. The largest absolute Gasteiger partial charge is 0.332 e. The third-order valence-electron chi connectivity index (χ3n) is 5.45. The molecule has 7 nitrogen and oxygen atoms in total. The molecule has 2 aromatic carbocycles. The highest BCUT2D eigenvalue weighted by Crippen LogP contribution is 2.35. The monoisotopic (exact) mass is 440 g/mol. The number of aliphatic imine (C=N–C) groups is 1. The van der Waals surface area contributed by atoms with Crippen LogP contribution in [-0.4, -0.2) is 43.1 Å². The molecule has 0 bridgehead atoms. The molecule has 30 heavy (non-hydrogen) atoms. The van der Waals surface area contributed by atoms with Gasteiger partial charge in [-0.2, -0.15) is 0 Å². The SMILES string of the molecule is O=C(CN=C1NS(=O)(=O)c2ccccc21)N1CCCCC1c1nc2ccccc2s1. The van der Waals surface area contributed by atoms with E-state index in [0.717, 1.165) is 34.5 Å². The van der Waals surface area contributed by atoms with Crippen molar-refractivity contribution in [2.45, 2.75) is 30.2 Å². The lowest BCUT2D eigenvalue weighted by Gasteiger charge is -2.34. The summed E-state index contributed by atoms with van der Waals surface area (Å²) in [5.74, 6) is 0.113. The van der Waals surface area contributed by atoms with Crippen LogP contribution in [0.3, 0.4) is 0 Å². The number of likely N-dealkylation sites (tertiary alicyclic amines) is 1. The molecule has 1 N–H and O–H groups in total. The lowest BCUT2D eigenvalue weighted by atomic mass is 10.0. The van der Waals surface area contributed by atoms with Crippen molar-refractivity contribution >= 4 is 43.3 Å². The minimum atomic E-state index is -3.61. The summed E-state index contributed by atoms with van der Waals surface area (Å²) in [7, 11) is -3.61. The van der Waals surface area contributed by atoms with Crippen LogP contribution in [0, 0.1) is 0 Å². The number of aromatic nitrogens is 1. The number of para-hydroxylation sites is 1. The number of sulfonamides is 1. The van der Waals surface area contributed by atoms with Crippen molar-refractivity contribution in [2.24, 2.45) is 4.99 Å². The maximum absolute atomic E-state index is 13.0. The molecule has 1 saturated heterocycles. The van der Waals surface area contributed by atoms with Gasteiger partial charge < -0.3 is 4.90 Å². The quantitative estimate of drug-likeness (QED) is 0.677. The van der Waals surface area contributed by atoms with Gasteiger partial charge >= 0.3 is 0 Å². The molecule has 0 aliphatic carbocycles. The molecule has 2 aliphatic heterocycles. The number of carbonyl (C=O) groups is 1. The number of hydrogen-bond acceptors (Lipinski definition) is 6. The van der Waals surface area contributed by atoms with Crippen LogP contribution in [0.2, 0.25) is 0 Å². The van der Waals surface area contributed by atoms with Crippen molar-refractivity contribution in [3.8, 4) is 0 Å². The zero-order chi connectivity index (χ0) is 20.7. The average molecular weight is 441 g/mol. The van der Waals surface area contributed by atoms with Crippen molar-refractivity contribution < 1.29 is 13.2 Å². The van der Waals surface area contributed by atoms with E-state index in [0.29, 0.717) is 12.1 Å². The fraction of sp³-hybridized carbons (Fsp3) is 0.286. The number of rotatable bonds is 3. The lowest BCUT2D eigenvalue weighted by molar-refractivity contribution is -0.133. The molecule has 9 heteroatoms. The Bertz CT molecular complexity index is 1230. The van der Waals surface area contributed by atoms with Crippen LogP contribution in [0.4, 0.5) is 0 Å². The third-order valence-corrected chi connectivity index (χ3v) is 7.99. The minimum absolute atomic E-state index is 0.0589. The highest BCUT2D eigenvalue weighted by Gasteiger charge is 2.32. The van der Waals surface area contributed by atoms with E-state index in [2.05, 4.69) is 9.71 Å². The van der Waals surface area contributed by atoms with Gasteiger partial charge in [-0.05, 0) is 43.5 Å². The molecule has 1 amide bonds. The highest BCUT2D eigenvalue weighted by atomic mass is 32.2. The molecule has 2 aliphatic rings. The summed E-state index contributed by atoms with van der Waals surface area (Å²) in [6, 6.07) is 14.6. The smallest absolute Gasteiger partial charge is 0.263 e. The van der Waals surface area contributed by atoms with Gasteiger partial charge in [0.15, 0.2) is 0 Å². The van der Waals surface area contributed by atoms with Crippen molar-refractivity contribution in [1.29, 1.82) is 0 Å². The van der Waals surface area contributed by atoms with Gasteiger partial charge in [-0.15, -0.1) is 11.3 Å². The first-order valence-corrected chi connectivity index (χ1v) is 12.1. The molecule has 1 atom stereocenters. The second kappa shape index (κ2) is 7.48. The molecule has 3 aromatic rings. The van der Waals surface area contributed by atoms with E-state index in [1.807, 2.05) is 29.2 Å². The van der Waals surface area contributed by atoms with Gasteiger partial charge in [0.2, 0.25) is 5.91 Å². The molecule has 154 valence electrons. The van der Waals surface area contributed by atoms with Gasteiger partial charge in [-0.1, -0.05) is 24.3 Å². The second-order valence-corrected chi connectivity index (χ2v) is 10.1. The summed E-state index contributed by atoms with van der Waals surface area (Å²) in [6.07, 6.45) is 2.86. The lowest BCUT2D eigenvalue weighted by Crippen LogP contribution is -2.40. The van der Waals surface area contributed by atoms with E-state index in [1.165, 1.54) is 6.07 Å². The Hall–Kier alpha value is -2.78. The summed E-state index contributed by atoms with van der Waals surface area (Å²) >= 11 is 1.63. The molecule has 3 heterocycles. The van der Waals surface area contributed by atoms with Gasteiger partial charge in [-0.25, -0.2) is 13.4 Å². The van der Waals surface area contributed by atoms with Crippen LogP contribution in [0.5, 0.6) is 0 Å². The molecule has 0 spiro atoms. The van der Waals surface area contributed by atoms with E-state index in [1.54, 1.807) is 29.5 Å². The topological polar surface area (TPSA) is 91.7 Å². The van der Waals surface area contributed by atoms with Gasteiger partial charge in [0.05, 0.1) is 21.2 Å². The number of carbonyl (C=O) groups excluding carboxylic acids is 1. The number of thiazole rings is 1. The molecule has 1 unspecified atom stereocenters. The summed E-state index contributed by atoms with van der Waals surface area (Å²) in [5.41, 5.74) is 1.46. The van der Waals surface area contributed by atoms with Crippen LogP contribution >= 0.6 is 11.3 Å². The van der Waals surface area contributed by atoms with Gasteiger partial charge in [0.1, 0.15) is 17.4 Å². The van der Waals surface area contributed by atoms with Crippen LogP contribution in [0.15, 0.2) is 58.4 Å². The zero-order valence-electron chi connectivity index (χ0n) is 16.1. The van der Waals surface area contributed by atoms with Gasteiger partial charge in [-0.3, -0.25) is 14.5 Å². The third kappa shape index (κ3) is 3.37. The molecule has 1 aromatic heterocycles. The van der Waals surface area contributed by atoms with E-state index < -0.39 is 10.0 Å². The molecular formula is C21H20N4O3S2. The second-order valence-electron chi connectivity index (χ2n) is 7.39. The van der Waals surface area contributed by atoms with E-state index >= 15 is 0 Å². The number of hydrogen-bond donors (Lipinski definition) is 1. The Labute approximate surface area is 178 Å². The molecule has 1 fully saturated rings. The maximum Gasteiger partial charge on any atom is 0.263 e. The zero-order valence-corrected chi connectivity index (χ0v) is 17.7. The number of amides is 1. The standard InChI is InChI=1S/C21H20N4O3S2/c26-19(13-22-20-14-7-1-4-11-18(14)30(27,28)24-20)25-12-6-5-9-16(25)21-23-15-8-2-3-10-17(15)29-21/h1-4,7-8,10-11,16H,5-6,9,12-13H2,(H,22,24). The van der Waals surface area contributed by atoms with E-state index in [4.69, 9.17) is 4.98 Å². The maximum atomic E-state index is 13.0. The Morgan fingerprint density at radius 3 is 2.83 bits per heavy atom. The van der Waals surface area contributed by atoms with E-state index in [-0.39, 0.29) is 29.2 Å². The molecule has 5 rings (SSSR count). The van der Waals surface area contributed by atoms with Gasteiger partial charge in [0, 0.05) is 12.1 Å². The molecule has 0 radical (unpaired) electrons. The van der Waals surface area contributed by atoms with Crippen LogP contribution in [0.25, 0.3) is 10.2 Å². The number of nitrogens with one attached hydrogen (secondary N) is 1. The summed E-state index contributed by atoms with van der Waals surface area (Å²) in [6.45, 7) is 0.556. The first kappa shape index (κ1) is 19.2. The molecular weight excluding hydrogens is 420 g/mol. The minimum Gasteiger partial charge on any atom is -0.332 e. The van der Waals surface area contributed by atoms with Crippen LogP contribution < -0.4 is 4.72 Å². The van der Waals surface area contributed by atoms with Crippen molar-refractivity contribution in [1.82, 2.24) is 14.6 Å². The van der Waals surface area contributed by atoms with Crippen LogP contribution in [0.1, 0.15) is 35.9 Å². The average Bonchev–Trinajstić information content (AvgIpc) is 3.31. The Balaban J connectivity index is 1.39. The number of piperidine rings is 1. The summed E-state index contributed by atoms with van der Waals surface area (Å²) in [4.78, 5) is 24.2. The summed E-state index contributed by atoms with van der Waals surface area (Å²) in [5, 5.41) is 0.948. The summed E-state index contributed by atoms with van der Waals surface area (Å²) < 4.78 is 28.0. The van der Waals surface area contributed by atoms with Crippen LogP contribution in [-0.2, 0) is 14.8 Å². The first-order chi connectivity index (χ1) is 14.5.